The fourth-order valence-electron chi connectivity index (χ4n) is 2.60. The van der Waals surface area contributed by atoms with E-state index in [0.717, 1.165) is 17.9 Å². The maximum atomic E-state index is 5.21. The Morgan fingerprint density at radius 2 is 1.31 bits per heavy atom. The van der Waals surface area contributed by atoms with Crippen LogP contribution in [0.1, 0.15) is 54.9 Å². The Morgan fingerprint density at radius 1 is 0.781 bits per heavy atom. The second kappa shape index (κ2) is 12.9. The van der Waals surface area contributed by atoms with E-state index in [4.69, 9.17) is 27.9 Å². The van der Waals surface area contributed by atoms with Gasteiger partial charge in [-0.15, -0.1) is 0 Å². The molecular formula is C20H32B4O6S2. The van der Waals surface area contributed by atoms with Gasteiger partial charge in [-0.3, -0.25) is 0 Å². The Bertz CT molecular complexity index is 647. The van der Waals surface area contributed by atoms with Gasteiger partial charge in [-0.1, -0.05) is 12.1 Å². The Morgan fingerprint density at radius 3 is 1.62 bits per heavy atom. The molecule has 1 aromatic rings. The molecule has 5 rings (SSSR count). The highest BCUT2D eigenvalue weighted by molar-refractivity contribution is 8.52. The summed E-state index contributed by atoms with van der Waals surface area (Å²) in [5.74, 6) is 6.42. The largest absolute Gasteiger partial charge is 0.658 e. The SMILES string of the molecule is CC1(C)O[B]OC1(C)C.CC1CC(C)(C)O[B]O1.[B]1Oc2ccccc2O1.[B]1SCCS1. The van der Waals surface area contributed by atoms with Gasteiger partial charge in [0.25, 0.3) is 5.84 Å². The number of rotatable bonds is 0. The fourth-order valence-corrected chi connectivity index (χ4v) is 4.53. The van der Waals surface area contributed by atoms with Gasteiger partial charge in [-0.25, -0.2) is 23.2 Å². The molecule has 1 unspecified atom stereocenters. The zero-order valence-corrected chi connectivity index (χ0v) is 21.7. The summed E-state index contributed by atoms with van der Waals surface area (Å²) in [6.45, 7) is 14.2. The van der Waals surface area contributed by atoms with Crippen LogP contribution in [-0.2, 0) is 18.6 Å². The third-order valence-corrected chi connectivity index (χ3v) is 7.45. The van der Waals surface area contributed by atoms with E-state index in [1.54, 1.807) is 0 Å². The summed E-state index contributed by atoms with van der Waals surface area (Å²) in [5.41, 5.74) is -0.405. The van der Waals surface area contributed by atoms with Crippen LogP contribution in [0, 0.1) is 0 Å². The topological polar surface area (TPSA) is 55.4 Å². The molecule has 1 atom stereocenters. The molecule has 0 N–H and O–H groups in total. The smallest absolute Gasteiger partial charge is 0.524 e. The average molecular weight is 476 g/mol. The van der Waals surface area contributed by atoms with E-state index in [1.807, 2.05) is 82.1 Å². The molecule has 0 spiro atoms. The Balaban J connectivity index is 0.000000154. The van der Waals surface area contributed by atoms with Crippen LogP contribution >= 0.6 is 23.2 Å². The van der Waals surface area contributed by atoms with Gasteiger partial charge in [-0.2, -0.15) is 0 Å². The Hall–Kier alpha value is -0.380. The Kier molecular flexibility index (Phi) is 11.2. The summed E-state index contributed by atoms with van der Waals surface area (Å²) in [7, 11) is 4.18. The second-order valence-electron chi connectivity index (χ2n) is 9.09. The van der Waals surface area contributed by atoms with Gasteiger partial charge in [0.15, 0.2) is 0 Å². The first-order valence-electron chi connectivity index (χ1n) is 10.6. The van der Waals surface area contributed by atoms with Gasteiger partial charge < -0.3 is 27.9 Å². The van der Waals surface area contributed by atoms with Gasteiger partial charge in [0.05, 0.1) is 16.8 Å². The van der Waals surface area contributed by atoms with Crippen molar-refractivity contribution in [1.82, 2.24) is 0 Å². The molecule has 0 amide bonds. The number of hydrogen-bond acceptors (Lipinski definition) is 8. The van der Waals surface area contributed by atoms with E-state index in [0.29, 0.717) is 6.10 Å². The minimum Gasteiger partial charge on any atom is -0.524 e. The van der Waals surface area contributed by atoms with Crippen LogP contribution in [0.15, 0.2) is 24.3 Å². The molecule has 4 aliphatic heterocycles. The van der Waals surface area contributed by atoms with E-state index >= 15 is 0 Å². The summed E-state index contributed by atoms with van der Waals surface area (Å²) < 4.78 is 30.6. The lowest BCUT2D eigenvalue weighted by Crippen LogP contribution is -2.41. The highest BCUT2D eigenvalue weighted by Crippen LogP contribution is 2.33. The van der Waals surface area contributed by atoms with Crippen molar-refractivity contribution in [3.63, 3.8) is 0 Å². The molecule has 0 aromatic heterocycles. The normalized spacial score (nSPS) is 24.9. The fraction of sp³-hybridized carbons (Fsp3) is 0.700. The van der Waals surface area contributed by atoms with Gasteiger partial charge in [0, 0.05) is 6.10 Å². The predicted octanol–water partition coefficient (Wildman–Crippen LogP) is 4.24. The van der Waals surface area contributed by atoms with Crippen molar-refractivity contribution >= 4 is 52.1 Å². The molecule has 4 radical (unpaired) electrons. The van der Waals surface area contributed by atoms with Crippen molar-refractivity contribution in [3.05, 3.63) is 24.3 Å². The van der Waals surface area contributed by atoms with Gasteiger partial charge in [0.1, 0.15) is 11.5 Å². The van der Waals surface area contributed by atoms with Crippen molar-refractivity contribution in [1.29, 1.82) is 0 Å². The van der Waals surface area contributed by atoms with E-state index < -0.39 is 0 Å². The van der Waals surface area contributed by atoms with E-state index in [1.165, 1.54) is 34.6 Å². The summed E-state index contributed by atoms with van der Waals surface area (Å²) in [6, 6.07) is 7.53. The molecule has 32 heavy (non-hydrogen) atoms. The lowest BCUT2D eigenvalue weighted by molar-refractivity contribution is -0.0142. The van der Waals surface area contributed by atoms with Gasteiger partial charge in [0.2, 0.25) is 0 Å². The summed E-state index contributed by atoms with van der Waals surface area (Å²) in [6.07, 6.45) is 1.26. The van der Waals surface area contributed by atoms with E-state index in [2.05, 4.69) is 19.7 Å². The molecule has 172 valence electrons. The highest BCUT2D eigenvalue weighted by Gasteiger charge is 2.44. The van der Waals surface area contributed by atoms with Crippen LogP contribution in [0.4, 0.5) is 0 Å². The van der Waals surface area contributed by atoms with Crippen LogP contribution in [0.2, 0.25) is 0 Å². The first-order valence-corrected chi connectivity index (χ1v) is 12.7. The lowest BCUT2D eigenvalue weighted by atomic mass is 9.90. The molecule has 0 saturated carbocycles. The van der Waals surface area contributed by atoms with Crippen LogP contribution in [0.5, 0.6) is 11.5 Å². The first kappa shape index (κ1) is 27.9. The predicted molar refractivity (Wildman–Crippen MR) is 136 cm³/mol. The molecule has 4 heterocycles. The van der Waals surface area contributed by atoms with Gasteiger partial charge in [-0.05, 0) is 78.5 Å². The number of hydrogen-bond donors (Lipinski definition) is 0. The molecule has 0 bridgehead atoms. The second-order valence-corrected chi connectivity index (χ2v) is 11.3. The van der Waals surface area contributed by atoms with Crippen molar-refractivity contribution < 1.29 is 27.9 Å². The molecule has 6 nitrogen and oxygen atoms in total. The maximum Gasteiger partial charge on any atom is 0.658 e. The van der Waals surface area contributed by atoms with Crippen LogP contribution < -0.4 is 9.31 Å². The minimum absolute atomic E-state index is 0.0301. The van der Waals surface area contributed by atoms with Crippen molar-refractivity contribution in [2.24, 2.45) is 0 Å². The Labute approximate surface area is 204 Å². The zero-order valence-electron chi connectivity index (χ0n) is 20.1. The molecule has 12 heteroatoms. The molecule has 0 aliphatic carbocycles. The monoisotopic (exact) mass is 476 g/mol. The summed E-state index contributed by atoms with van der Waals surface area (Å²) in [5, 5.41) is 0. The minimum atomic E-state index is -0.188. The van der Waals surface area contributed by atoms with Crippen molar-refractivity contribution in [2.75, 3.05) is 11.5 Å². The molecule has 1 aromatic carbocycles. The average Bonchev–Trinajstić information content (AvgIpc) is 3.45. The van der Waals surface area contributed by atoms with Crippen molar-refractivity contribution in [2.45, 2.75) is 77.8 Å². The molecule has 3 fully saturated rings. The first-order chi connectivity index (χ1) is 15.0. The van der Waals surface area contributed by atoms with Crippen LogP contribution in [0.25, 0.3) is 0 Å². The van der Waals surface area contributed by atoms with Crippen molar-refractivity contribution in [3.8, 4) is 11.5 Å². The number of para-hydroxylation sites is 2. The van der Waals surface area contributed by atoms with E-state index in [9.17, 15) is 0 Å². The third kappa shape index (κ3) is 9.47. The van der Waals surface area contributed by atoms with Gasteiger partial charge >= 0.3 is 23.1 Å². The number of fused-ring (bicyclic) bond motifs is 1. The maximum absolute atomic E-state index is 5.21. The number of benzene rings is 1. The summed E-state index contributed by atoms with van der Waals surface area (Å²) >= 11 is 3.82. The summed E-state index contributed by atoms with van der Waals surface area (Å²) in [4.78, 5) is 0. The molecule has 4 aliphatic rings. The highest BCUT2D eigenvalue weighted by atomic mass is 32.2. The quantitative estimate of drug-likeness (QED) is 0.516. The standard InChI is InChI=1S/C6H4BO2.2C6H12BO2.C2H4BS2/c1-2-4-6-5(3-1)8-7-9-6;1-5-4-6(2,3)9-7-8-5;1-5(2)6(3,4)9-7-8-5;1-2-5-3-4-1/h1-4H;5H,4H2,1-3H3;1-4H3;1-2H2. The van der Waals surface area contributed by atoms with E-state index in [-0.39, 0.29) is 16.8 Å². The molecular weight excluding hydrogens is 444 g/mol. The third-order valence-electron chi connectivity index (χ3n) is 5.22. The lowest BCUT2D eigenvalue weighted by Gasteiger charge is -2.33. The van der Waals surface area contributed by atoms with Crippen LogP contribution in [-0.4, -0.2) is 63.3 Å². The zero-order chi connectivity index (χ0) is 23.7. The van der Waals surface area contributed by atoms with Crippen LogP contribution in [0.3, 0.4) is 0 Å². The molecule has 3 saturated heterocycles.